The van der Waals surface area contributed by atoms with E-state index in [9.17, 15) is 22.0 Å². The van der Waals surface area contributed by atoms with Gasteiger partial charge in [-0.1, -0.05) is 0 Å². The Balaban J connectivity index is 2.26. The van der Waals surface area contributed by atoms with Crippen LogP contribution in [0.2, 0.25) is 0 Å². The van der Waals surface area contributed by atoms with E-state index in [1.54, 1.807) is 0 Å². The third kappa shape index (κ3) is 4.14. The van der Waals surface area contributed by atoms with E-state index in [1.165, 1.54) is 0 Å². The first-order valence-electron chi connectivity index (χ1n) is 6.09. The van der Waals surface area contributed by atoms with Crippen LogP contribution in [0.5, 0.6) is 0 Å². The van der Waals surface area contributed by atoms with E-state index in [0.717, 1.165) is 16.8 Å². The van der Waals surface area contributed by atoms with Gasteiger partial charge < -0.3 is 14.6 Å². The fourth-order valence-electron chi connectivity index (χ4n) is 2.01. The molecule has 0 aliphatic carbocycles. The second-order valence-electron chi connectivity index (χ2n) is 4.58. The highest BCUT2D eigenvalue weighted by atomic mass is 35.7. The Morgan fingerprint density at radius 1 is 1.57 bits per heavy atom. The number of nitrogens with zero attached hydrogens (tertiary/aromatic N) is 1. The van der Waals surface area contributed by atoms with E-state index in [-0.39, 0.29) is 11.7 Å². The zero-order valence-electron chi connectivity index (χ0n) is 10.8. The van der Waals surface area contributed by atoms with E-state index in [1.807, 2.05) is 0 Å². The summed E-state index contributed by atoms with van der Waals surface area (Å²) in [5.41, 5.74) is -0.179. The molecule has 1 aliphatic heterocycles. The fraction of sp³-hybridized carbons (Fsp3) is 0.545. The standard InChI is InChI=1S/C11H13ClF2N2O4S/c12-21(18,19)8-3-9(16(4-8)5-10(13)14)11(17)15-7-1-2-20-6-7/h3-4,7,10H,1-2,5-6H2,(H,15,17). The summed E-state index contributed by atoms with van der Waals surface area (Å²) >= 11 is 0. The van der Waals surface area contributed by atoms with E-state index < -0.39 is 32.8 Å². The first-order chi connectivity index (χ1) is 9.77. The first-order valence-corrected chi connectivity index (χ1v) is 8.40. The Kier molecular flexibility index (Phi) is 4.84. The van der Waals surface area contributed by atoms with Gasteiger partial charge in [0, 0.05) is 23.5 Å². The van der Waals surface area contributed by atoms with E-state index >= 15 is 0 Å². The molecule has 6 nitrogen and oxygen atoms in total. The van der Waals surface area contributed by atoms with Crippen molar-refractivity contribution in [1.82, 2.24) is 9.88 Å². The molecule has 2 rings (SSSR count). The third-order valence-electron chi connectivity index (χ3n) is 2.99. The predicted octanol–water partition coefficient (Wildman–Crippen LogP) is 1.20. The highest BCUT2D eigenvalue weighted by Crippen LogP contribution is 2.20. The van der Waals surface area contributed by atoms with Gasteiger partial charge in [0.05, 0.1) is 19.2 Å². The van der Waals surface area contributed by atoms with Crippen molar-refractivity contribution in [3.05, 3.63) is 18.0 Å². The summed E-state index contributed by atoms with van der Waals surface area (Å²) in [6, 6.07) is 0.763. The number of amides is 1. The number of nitrogens with one attached hydrogen (secondary N) is 1. The quantitative estimate of drug-likeness (QED) is 0.816. The maximum atomic E-state index is 12.5. The molecule has 1 saturated heterocycles. The van der Waals surface area contributed by atoms with Crippen molar-refractivity contribution >= 4 is 25.6 Å². The van der Waals surface area contributed by atoms with Crippen molar-refractivity contribution in [3.8, 4) is 0 Å². The summed E-state index contributed by atoms with van der Waals surface area (Å²) in [7, 11) is 1.08. The maximum absolute atomic E-state index is 12.5. The van der Waals surface area contributed by atoms with Crippen LogP contribution in [0.15, 0.2) is 17.2 Å². The minimum atomic E-state index is -4.10. The van der Waals surface area contributed by atoms with E-state index in [4.69, 9.17) is 15.4 Å². The van der Waals surface area contributed by atoms with Gasteiger partial charge in [-0.05, 0) is 12.5 Å². The largest absolute Gasteiger partial charge is 0.379 e. The van der Waals surface area contributed by atoms with Gasteiger partial charge in [0.2, 0.25) is 0 Å². The van der Waals surface area contributed by atoms with Crippen LogP contribution in [-0.2, 0) is 20.3 Å². The molecule has 1 fully saturated rings. The minimum Gasteiger partial charge on any atom is -0.379 e. The smallest absolute Gasteiger partial charge is 0.268 e. The van der Waals surface area contributed by atoms with Gasteiger partial charge in [-0.15, -0.1) is 0 Å². The topological polar surface area (TPSA) is 77.4 Å². The number of rotatable bonds is 5. The number of hydrogen-bond donors (Lipinski definition) is 1. The number of carbonyl (C=O) groups is 1. The van der Waals surface area contributed by atoms with Gasteiger partial charge in [-0.3, -0.25) is 4.79 Å². The van der Waals surface area contributed by atoms with E-state index in [0.29, 0.717) is 19.6 Å². The Morgan fingerprint density at radius 3 is 2.81 bits per heavy atom. The van der Waals surface area contributed by atoms with Gasteiger partial charge in [-0.25, -0.2) is 17.2 Å². The SMILES string of the molecule is O=C(NC1CCOC1)c1cc(S(=O)(=O)Cl)cn1CC(F)F. The molecule has 1 unspecified atom stereocenters. The molecule has 1 N–H and O–H groups in total. The molecule has 21 heavy (non-hydrogen) atoms. The second kappa shape index (κ2) is 6.29. The zero-order valence-corrected chi connectivity index (χ0v) is 12.3. The molecule has 0 radical (unpaired) electrons. The highest BCUT2D eigenvalue weighted by molar-refractivity contribution is 8.13. The van der Waals surface area contributed by atoms with Crippen molar-refractivity contribution in [1.29, 1.82) is 0 Å². The molecule has 10 heteroatoms. The van der Waals surface area contributed by atoms with Crippen LogP contribution in [0.4, 0.5) is 8.78 Å². The Hall–Kier alpha value is -1.19. The molecule has 1 aromatic rings. The summed E-state index contributed by atoms with van der Waals surface area (Å²) in [5, 5.41) is 2.61. The molecule has 0 bridgehead atoms. The Morgan fingerprint density at radius 2 is 2.29 bits per heavy atom. The molecule has 1 amide bonds. The molecule has 1 atom stereocenters. The summed E-state index contributed by atoms with van der Waals surface area (Å²) in [5.74, 6) is -0.641. The summed E-state index contributed by atoms with van der Waals surface area (Å²) < 4.78 is 53.5. The molecule has 118 valence electrons. The molecular formula is C11H13ClF2N2O4S. The summed E-state index contributed by atoms with van der Waals surface area (Å²) in [6.07, 6.45) is -1.19. The van der Waals surface area contributed by atoms with Crippen LogP contribution in [0.25, 0.3) is 0 Å². The highest BCUT2D eigenvalue weighted by Gasteiger charge is 2.24. The van der Waals surface area contributed by atoms with Gasteiger partial charge in [0.15, 0.2) is 0 Å². The van der Waals surface area contributed by atoms with Crippen molar-refractivity contribution in [2.24, 2.45) is 0 Å². The van der Waals surface area contributed by atoms with Crippen molar-refractivity contribution in [2.45, 2.75) is 30.3 Å². The van der Waals surface area contributed by atoms with E-state index in [2.05, 4.69) is 5.32 Å². The summed E-state index contributed by atoms with van der Waals surface area (Å²) in [4.78, 5) is 11.7. The van der Waals surface area contributed by atoms with Gasteiger partial charge in [0.25, 0.3) is 21.4 Å². The monoisotopic (exact) mass is 342 g/mol. The minimum absolute atomic E-state index is 0.179. The molecule has 0 saturated carbocycles. The Bertz CT molecular complexity index is 626. The molecule has 0 spiro atoms. The van der Waals surface area contributed by atoms with Crippen molar-refractivity contribution in [3.63, 3.8) is 0 Å². The van der Waals surface area contributed by atoms with Crippen LogP contribution in [0, 0.1) is 0 Å². The lowest BCUT2D eigenvalue weighted by Gasteiger charge is -2.12. The number of carbonyl (C=O) groups excluding carboxylic acids is 1. The lowest BCUT2D eigenvalue weighted by molar-refractivity contribution is 0.0907. The number of aromatic nitrogens is 1. The molecule has 0 aromatic carbocycles. The molecule has 1 aromatic heterocycles. The number of hydrogen-bond acceptors (Lipinski definition) is 4. The second-order valence-corrected chi connectivity index (χ2v) is 7.14. The lowest BCUT2D eigenvalue weighted by Crippen LogP contribution is -2.36. The lowest BCUT2D eigenvalue weighted by atomic mass is 10.2. The van der Waals surface area contributed by atoms with Crippen LogP contribution >= 0.6 is 10.7 Å². The number of halogens is 3. The third-order valence-corrected chi connectivity index (χ3v) is 4.31. The van der Waals surface area contributed by atoms with Crippen LogP contribution in [0.1, 0.15) is 16.9 Å². The van der Waals surface area contributed by atoms with Crippen LogP contribution in [-0.4, -0.2) is 44.6 Å². The van der Waals surface area contributed by atoms with Gasteiger partial charge >= 0.3 is 0 Å². The van der Waals surface area contributed by atoms with Gasteiger partial charge in [0.1, 0.15) is 10.6 Å². The molecule has 2 heterocycles. The van der Waals surface area contributed by atoms with Crippen LogP contribution < -0.4 is 5.32 Å². The average molecular weight is 343 g/mol. The molecular weight excluding hydrogens is 330 g/mol. The fourth-order valence-corrected chi connectivity index (χ4v) is 2.77. The molecule has 1 aliphatic rings. The average Bonchev–Trinajstić information content (AvgIpc) is 2.96. The zero-order chi connectivity index (χ0) is 15.6. The first kappa shape index (κ1) is 16.2. The maximum Gasteiger partial charge on any atom is 0.268 e. The van der Waals surface area contributed by atoms with Crippen molar-refractivity contribution < 1.29 is 26.7 Å². The van der Waals surface area contributed by atoms with Crippen molar-refractivity contribution in [2.75, 3.05) is 13.2 Å². The number of alkyl halides is 2. The number of ether oxygens (including phenoxy) is 1. The van der Waals surface area contributed by atoms with Crippen LogP contribution in [0.3, 0.4) is 0 Å². The van der Waals surface area contributed by atoms with Gasteiger partial charge in [-0.2, -0.15) is 0 Å². The summed E-state index contributed by atoms with van der Waals surface area (Å²) in [6.45, 7) is 0.0442. The Labute approximate surface area is 124 Å². The predicted molar refractivity (Wildman–Crippen MR) is 70.2 cm³/mol. The normalized spacial score (nSPS) is 19.1.